The predicted octanol–water partition coefficient (Wildman–Crippen LogP) is 5.29. The Bertz CT molecular complexity index is 577. The van der Waals surface area contributed by atoms with Crippen molar-refractivity contribution >= 4 is 0 Å². The van der Waals surface area contributed by atoms with Gasteiger partial charge in [0, 0.05) is 0 Å². The first-order chi connectivity index (χ1) is 9.95. The van der Waals surface area contributed by atoms with Crippen LogP contribution in [0.15, 0.2) is 71.4 Å². The summed E-state index contributed by atoms with van der Waals surface area (Å²) in [7, 11) is 0. The van der Waals surface area contributed by atoms with Gasteiger partial charge in [-0.3, -0.25) is 0 Å². The van der Waals surface area contributed by atoms with Crippen molar-refractivity contribution in [1.29, 1.82) is 0 Å². The van der Waals surface area contributed by atoms with Gasteiger partial charge in [0.05, 0.1) is 0 Å². The second-order valence-electron chi connectivity index (χ2n) is 6.35. The maximum atomic E-state index is 2.51. The van der Waals surface area contributed by atoms with Crippen LogP contribution in [0.2, 0.25) is 0 Å². The molecule has 3 atom stereocenters. The molecule has 0 radical (unpaired) electrons. The van der Waals surface area contributed by atoms with Crippen molar-refractivity contribution in [2.24, 2.45) is 17.8 Å². The van der Waals surface area contributed by atoms with E-state index in [9.17, 15) is 0 Å². The van der Waals surface area contributed by atoms with E-state index in [0.29, 0.717) is 5.92 Å². The topological polar surface area (TPSA) is 0 Å². The predicted molar refractivity (Wildman–Crippen MR) is 85.2 cm³/mol. The van der Waals surface area contributed by atoms with Crippen LogP contribution in [0.1, 0.15) is 32.1 Å². The van der Waals surface area contributed by atoms with Crippen LogP contribution in [0.3, 0.4) is 0 Å². The molecule has 0 aromatic heterocycles. The van der Waals surface area contributed by atoms with Crippen molar-refractivity contribution in [3.05, 3.63) is 71.4 Å². The van der Waals surface area contributed by atoms with Crippen LogP contribution < -0.4 is 0 Å². The quantitative estimate of drug-likeness (QED) is 0.520. The molecule has 3 unspecified atom stereocenters. The molecular formula is C20H22. The van der Waals surface area contributed by atoms with Crippen molar-refractivity contribution in [2.75, 3.05) is 0 Å². The average Bonchev–Trinajstić information content (AvgIpc) is 2.72. The Hall–Kier alpha value is -1.56. The van der Waals surface area contributed by atoms with E-state index in [4.69, 9.17) is 0 Å². The van der Waals surface area contributed by atoms with Crippen LogP contribution >= 0.6 is 0 Å². The summed E-state index contributed by atoms with van der Waals surface area (Å²) in [6.45, 7) is 0. The van der Waals surface area contributed by atoms with E-state index in [1.165, 1.54) is 32.1 Å². The average molecular weight is 262 g/mol. The summed E-state index contributed by atoms with van der Waals surface area (Å²) in [6.07, 6.45) is 27.4. The zero-order chi connectivity index (χ0) is 13.4. The summed E-state index contributed by atoms with van der Waals surface area (Å²) in [5.74, 6) is 2.21. The van der Waals surface area contributed by atoms with Gasteiger partial charge in [0.25, 0.3) is 0 Å². The Morgan fingerprint density at radius 1 is 0.900 bits per heavy atom. The van der Waals surface area contributed by atoms with Crippen LogP contribution in [0.5, 0.6) is 0 Å². The molecule has 0 N–H and O–H groups in total. The molecule has 4 aliphatic carbocycles. The second kappa shape index (κ2) is 5.09. The summed E-state index contributed by atoms with van der Waals surface area (Å²) >= 11 is 0. The molecule has 0 bridgehead atoms. The molecule has 102 valence electrons. The number of allylic oxidation sites excluding steroid dienone is 12. The first kappa shape index (κ1) is 12.2. The molecule has 0 nitrogen and oxygen atoms in total. The summed E-state index contributed by atoms with van der Waals surface area (Å²) in [5, 5.41) is 0. The zero-order valence-electron chi connectivity index (χ0n) is 12.0. The number of rotatable bonds is 0. The van der Waals surface area contributed by atoms with E-state index in [1.54, 1.807) is 16.7 Å². The van der Waals surface area contributed by atoms with E-state index in [0.717, 1.165) is 11.8 Å². The van der Waals surface area contributed by atoms with Gasteiger partial charge >= 0.3 is 0 Å². The second-order valence-corrected chi connectivity index (χ2v) is 6.35. The SMILES string of the molecule is C1=CC2=C3/C(=C\C=C/1)CC/C=C\CC3C1C=CCCC21. The van der Waals surface area contributed by atoms with E-state index in [-0.39, 0.29) is 0 Å². The lowest BCUT2D eigenvalue weighted by molar-refractivity contribution is 0.364. The maximum absolute atomic E-state index is 2.51. The molecule has 0 saturated carbocycles. The smallest absolute Gasteiger partial charge is 0.00530 e. The fraction of sp³-hybridized carbons (Fsp3) is 0.400. The molecule has 0 heteroatoms. The summed E-state index contributed by atoms with van der Waals surface area (Å²) in [6, 6.07) is 0. The van der Waals surface area contributed by atoms with Crippen LogP contribution in [-0.2, 0) is 0 Å². The summed E-state index contributed by atoms with van der Waals surface area (Å²) in [5.41, 5.74) is 4.93. The van der Waals surface area contributed by atoms with E-state index >= 15 is 0 Å². The standard InChI is InChI=1S/C20H22/c1-3-9-15-10-4-2-6-14-19-17-12-8-7-11-16(17)18(13-5-1)20(15)19/h1-3,5-6,8-9,12-13,16-17,19H,4,7,10-11,14H2/b3-1-,5-1?,6-2-,9-3?,13-5?,15-9-,18-13?,20-15?. The van der Waals surface area contributed by atoms with Crippen molar-refractivity contribution in [1.82, 2.24) is 0 Å². The molecular weight excluding hydrogens is 240 g/mol. The minimum absolute atomic E-state index is 0.713. The van der Waals surface area contributed by atoms with Gasteiger partial charge in [0.1, 0.15) is 0 Å². The summed E-state index contributed by atoms with van der Waals surface area (Å²) < 4.78 is 0. The van der Waals surface area contributed by atoms with Gasteiger partial charge in [-0.05, 0) is 66.6 Å². The highest BCUT2D eigenvalue weighted by Gasteiger charge is 2.41. The third-order valence-corrected chi connectivity index (χ3v) is 5.29. The van der Waals surface area contributed by atoms with Crippen molar-refractivity contribution in [3.8, 4) is 0 Å². The molecule has 0 heterocycles. The Balaban J connectivity index is 1.88. The molecule has 0 amide bonds. The lowest BCUT2D eigenvalue weighted by Gasteiger charge is -2.27. The largest absolute Gasteiger partial charge is 0.0882 e. The van der Waals surface area contributed by atoms with Gasteiger partial charge in [-0.25, -0.2) is 0 Å². The Kier molecular flexibility index (Phi) is 3.10. The third kappa shape index (κ3) is 1.90. The monoisotopic (exact) mass is 262 g/mol. The first-order valence-corrected chi connectivity index (χ1v) is 8.05. The Labute approximate surface area is 122 Å². The molecule has 0 fully saturated rings. The lowest BCUT2D eigenvalue weighted by atomic mass is 9.77. The Morgan fingerprint density at radius 3 is 2.90 bits per heavy atom. The molecule has 0 aromatic rings. The van der Waals surface area contributed by atoms with Crippen LogP contribution in [-0.4, -0.2) is 0 Å². The number of hydrogen-bond acceptors (Lipinski definition) is 0. The minimum atomic E-state index is 0.713. The fourth-order valence-corrected chi connectivity index (χ4v) is 4.45. The lowest BCUT2D eigenvalue weighted by Crippen LogP contribution is -2.18. The highest BCUT2D eigenvalue weighted by Crippen LogP contribution is 2.52. The van der Waals surface area contributed by atoms with E-state index in [1.807, 2.05) is 0 Å². The Morgan fingerprint density at radius 2 is 1.90 bits per heavy atom. The number of fused-ring (bicyclic) bond motifs is 3. The molecule has 4 aliphatic rings. The maximum Gasteiger partial charge on any atom is -0.00530 e. The molecule has 4 rings (SSSR count). The molecule has 0 aromatic carbocycles. The molecule has 0 saturated heterocycles. The zero-order valence-corrected chi connectivity index (χ0v) is 12.0. The summed E-state index contributed by atoms with van der Waals surface area (Å²) in [4.78, 5) is 0. The third-order valence-electron chi connectivity index (χ3n) is 5.29. The fourth-order valence-electron chi connectivity index (χ4n) is 4.45. The van der Waals surface area contributed by atoms with Gasteiger partial charge in [-0.15, -0.1) is 0 Å². The molecule has 0 aliphatic heterocycles. The van der Waals surface area contributed by atoms with Crippen LogP contribution in [0.25, 0.3) is 0 Å². The van der Waals surface area contributed by atoms with Gasteiger partial charge in [0.2, 0.25) is 0 Å². The van der Waals surface area contributed by atoms with Gasteiger partial charge in [-0.2, -0.15) is 0 Å². The number of hydrogen-bond donors (Lipinski definition) is 0. The molecule has 0 spiro atoms. The van der Waals surface area contributed by atoms with Crippen LogP contribution in [0.4, 0.5) is 0 Å². The normalized spacial score (nSPS) is 40.6. The van der Waals surface area contributed by atoms with Gasteiger partial charge < -0.3 is 0 Å². The van der Waals surface area contributed by atoms with E-state index in [2.05, 4.69) is 54.7 Å². The van der Waals surface area contributed by atoms with E-state index < -0.39 is 0 Å². The first-order valence-electron chi connectivity index (χ1n) is 8.05. The molecule has 20 heavy (non-hydrogen) atoms. The van der Waals surface area contributed by atoms with Gasteiger partial charge in [-0.1, -0.05) is 54.7 Å². The van der Waals surface area contributed by atoms with Crippen molar-refractivity contribution < 1.29 is 0 Å². The van der Waals surface area contributed by atoms with Crippen molar-refractivity contribution in [2.45, 2.75) is 32.1 Å². The van der Waals surface area contributed by atoms with Gasteiger partial charge in [0.15, 0.2) is 0 Å². The highest BCUT2D eigenvalue weighted by molar-refractivity contribution is 5.52. The highest BCUT2D eigenvalue weighted by atomic mass is 14.4. The van der Waals surface area contributed by atoms with Crippen molar-refractivity contribution in [3.63, 3.8) is 0 Å². The minimum Gasteiger partial charge on any atom is -0.0882 e. The van der Waals surface area contributed by atoms with Crippen LogP contribution in [0, 0.1) is 17.8 Å².